The van der Waals surface area contributed by atoms with E-state index in [1.165, 1.54) is 0 Å². The molecule has 1 unspecified atom stereocenters. The minimum atomic E-state index is -1.05. The van der Waals surface area contributed by atoms with Crippen molar-refractivity contribution in [1.29, 1.82) is 0 Å². The Balaban J connectivity index is 2.22. The van der Waals surface area contributed by atoms with Crippen molar-refractivity contribution in [3.05, 3.63) is 58.6 Å². The number of methoxy groups -OCH3 is 1. The van der Waals surface area contributed by atoms with Gasteiger partial charge in [0.15, 0.2) is 0 Å². The molecule has 0 aliphatic rings. The Morgan fingerprint density at radius 1 is 1.05 bits per heavy atom. The monoisotopic (exact) mass is 336 g/mol. The van der Waals surface area contributed by atoms with Crippen molar-refractivity contribution < 1.29 is 19.4 Å². The second-order valence-corrected chi connectivity index (χ2v) is 4.98. The Kier molecular flexibility index (Phi) is 4.63. The molecular weight excluding hydrogens is 324 g/mol. The van der Waals surface area contributed by atoms with Gasteiger partial charge in [-0.1, -0.05) is 28.1 Å². The highest BCUT2D eigenvalue weighted by Crippen LogP contribution is 2.25. The molecule has 0 aliphatic heterocycles. The van der Waals surface area contributed by atoms with Crippen molar-refractivity contribution in [3.8, 4) is 11.5 Å². The molecule has 104 valence electrons. The second-order valence-electron chi connectivity index (χ2n) is 4.06. The summed E-state index contributed by atoms with van der Waals surface area (Å²) in [4.78, 5) is 11.4. The van der Waals surface area contributed by atoms with E-state index >= 15 is 0 Å². The molecule has 0 heterocycles. The fourth-order valence-electron chi connectivity index (χ4n) is 1.69. The van der Waals surface area contributed by atoms with Crippen LogP contribution in [0, 0.1) is 0 Å². The van der Waals surface area contributed by atoms with Gasteiger partial charge >= 0.3 is 5.97 Å². The van der Waals surface area contributed by atoms with E-state index in [4.69, 9.17) is 9.47 Å². The molecule has 20 heavy (non-hydrogen) atoms. The number of halogens is 1. The molecule has 2 aromatic rings. The van der Waals surface area contributed by atoms with Crippen LogP contribution in [0.5, 0.6) is 11.5 Å². The Labute approximate surface area is 125 Å². The molecule has 0 radical (unpaired) electrons. The van der Waals surface area contributed by atoms with E-state index in [0.717, 1.165) is 4.47 Å². The van der Waals surface area contributed by atoms with Gasteiger partial charge in [0, 0.05) is 10.0 Å². The lowest BCUT2D eigenvalue weighted by atomic mass is 10.1. The third-order valence-corrected chi connectivity index (χ3v) is 3.24. The Bertz CT molecular complexity index is 578. The van der Waals surface area contributed by atoms with Crippen molar-refractivity contribution in [2.75, 3.05) is 7.11 Å². The molecule has 2 rings (SSSR count). The molecule has 0 spiro atoms. The van der Waals surface area contributed by atoms with Crippen LogP contribution in [0.3, 0.4) is 0 Å². The van der Waals surface area contributed by atoms with Crippen molar-refractivity contribution in [3.63, 3.8) is 0 Å². The van der Waals surface area contributed by atoms with Gasteiger partial charge in [-0.25, -0.2) is 4.79 Å². The molecule has 0 saturated carbocycles. The number of carboxylic acid groups (broad SMARTS) is 1. The fourth-order valence-corrected chi connectivity index (χ4v) is 1.95. The van der Waals surface area contributed by atoms with Gasteiger partial charge in [0.25, 0.3) is 0 Å². The minimum absolute atomic E-state index is 0.497. The molecule has 0 amide bonds. The van der Waals surface area contributed by atoms with Gasteiger partial charge in [-0.15, -0.1) is 0 Å². The van der Waals surface area contributed by atoms with Crippen molar-refractivity contribution in [2.45, 2.75) is 6.10 Å². The maximum absolute atomic E-state index is 11.4. The van der Waals surface area contributed by atoms with E-state index in [2.05, 4.69) is 15.9 Å². The van der Waals surface area contributed by atoms with E-state index < -0.39 is 12.1 Å². The lowest BCUT2D eigenvalue weighted by Crippen LogP contribution is -2.18. The predicted molar refractivity (Wildman–Crippen MR) is 78.1 cm³/mol. The molecule has 1 atom stereocenters. The largest absolute Gasteiger partial charge is 0.497 e. The van der Waals surface area contributed by atoms with Crippen molar-refractivity contribution in [1.82, 2.24) is 0 Å². The van der Waals surface area contributed by atoms with Gasteiger partial charge in [-0.2, -0.15) is 0 Å². The zero-order valence-electron chi connectivity index (χ0n) is 10.7. The fraction of sp³-hybridized carbons (Fsp3) is 0.133. The molecule has 4 nitrogen and oxygen atoms in total. The number of hydrogen-bond acceptors (Lipinski definition) is 3. The smallest absolute Gasteiger partial charge is 0.349 e. The maximum Gasteiger partial charge on any atom is 0.349 e. The van der Waals surface area contributed by atoms with Crippen molar-refractivity contribution in [2.24, 2.45) is 0 Å². The summed E-state index contributed by atoms with van der Waals surface area (Å²) in [6, 6.07) is 13.8. The first-order valence-corrected chi connectivity index (χ1v) is 6.68. The highest BCUT2D eigenvalue weighted by atomic mass is 79.9. The van der Waals surface area contributed by atoms with E-state index in [0.29, 0.717) is 17.1 Å². The highest BCUT2D eigenvalue weighted by Gasteiger charge is 2.21. The summed E-state index contributed by atoms with van der Waals surface area (Å²) in [6.07, 6.45) is -1.05. The van der Waals surface area contributed by atoms with Crippen molar-refractivity contribution >= 4 is 21.9 Å². The summed E-state index contributed by atoms with van der Waals surface area (Å²) in [5, 5.41) is 9.30. The number of carbonyl (C=O) groups is 1. The summed E-state index contributed by atoms with van der Waals surface area (Å²) < 4.78 is 11.5. The second kappa shape index (κ2) is 6.43. The molecule has 5 heteroatoms. The number of ether oxygens (including phenoxy) is 2. The van der Waals surface area contributed by atoms with E-state index in [1.54, 1.807) is 55.6 Å². The average molecular weight is 337 g/mol. The van der Waals surface area contributed by atoms with Crippen LogP contribution in [0.2, 0.25) is 0 Å². The summed E-state index contributed by atoms with van der Waals surface area (Å²) in [5.41, 5.74) is 0.557. The third kappa shape index (κ3) is 3.51. The standard InChI is InChI=1S/C15H13BrO4/c1-19-12-6-2-10(3-7-12)14(15(17)18)20-13-8-4-11(16)5-9-13/h2-9,14H,1H3,(H,17,18). The molecule has 0 bridgehead atoms. The molecule has 2 aromatic carbocycles. The zero-order valence-corrected chi connectivity index (χ0v) is 12.3. The number of rotatable bonds is 5. The first kappa shape index (κ1) is 14.4. The predicted octanol–water partition coefficient (Wildman–Crippen LogP) is 3.66. The highest BCUT2D eigenvalue weighted by molar-refractivity contribution is 9.10. The number of aliphatic carboxylic acids is 1. The van der Waals surface area contributed by atoms with Gasteiger partial charge in [0.1, 0.15) is 11.5 Å². The lowest BCUT2D eigenvalue weighted by molar-refractivity contribution is -0.145. The van der Waals surface area contributed by atoms with Crippen LogP contribution in [0.25, 0.3) is 0 Å². The Morgan fingerprint density at radius 3 is 2.10 bits per heavy atom. The van der Waals surface area contributed by atoms with Crippen LogP contribution in [-0.4, -0.2) is 18.2 Å². The summed E-state index contributed by atoms with van der Waals surface area (Å²) in [7, 11) is 1.56. The summed E-state index contributed by atoms with van der Waals surface area (Å²) in [6.45, 7) is 0. The molecule has 0 aliphatic carbocycles. The SMILES string of the molecule is COc1ccc(C(Oc2ccc(Br)cc2)C(=O)O)cc1. The molecule has 1 N–H and O–H groups in total. The van der Waals surface area contributed by atoms with E-state index in [9.17, 15) is 9.90 Å². The summed E-state index contributed by atoms with van der Waals surface area (Å²) in [5.74, 6) is 0.121. The van der Waals surface area contributed by atoms with Gasteiger partial charge in [-0.3, -0.25) is 0 Å². The van der Waals surface area contributed by atoms with Crippen LogP contribution in [0.15, 0.2) is 53.0 Å². The third-order valence-electron chi connectivity index (χ3n) is 2.71. The van der Waals surface area contributed by atoms with Gasteiger partial charge in [0.2, 0.25) is 6.10 Å². The van der Waals surface area contributed by atoms with E-state index in [-0.39, 0.29) is 0 Å². The topological polar surface area (TPSA) is 55.8 Å². The van der Waals surface area contributed by atoms with Gasteiger partial charge in [-0.05, 0) is 36.4 Å². The minimum Gasteiger partial charge on any atom is -0.497 e. The normalized spacial score (nSPS) is 11.7. The average Bonchev–Trinajstić information content (AvgIpc) is 2.46. The molecule has 0 aromatic heterocycles. The van der Waals surface area contributed by atoms with Crippen LogP contribution < -0.4 is 9.47 Å². The number of carboxylic acids is 1. The van der Waals surface area contributed by atoms with E-state index in [1.807, 2.05) is 0 Å². The quantitative estimate of drug-likeness (QED) is 0.905. The van der Waals surface area contributed by atoms with Crippen LogP contribution >= 0.6 is 15.9 Å². The van der Waals surface area contributed by atoms with Crippen LogP contribution in [0.4, 0.5) is 0 Å². The van der Waals surface area contributed by atoms with Gasteiger partial charge < -0.3 is 14.6 Å². The number of hydrogen-bond donors (Lipinski definition) is 1. The van der Waals surface area contributed by atoms with Crippen LogP contribution in [-0.2, 0) is 4.79 Å². The molecular formula is C15H13BrO4. The molecule has 0 saturated heterocycles. The Hall–Kier alpha value is -2.01. The molecule has 0 fully saturated rings. The first-order chi connectivity index (χ1) is 9.60. The zero-order chi connectivity index (χ0) is 14.5. The maximum atomic E-state index is 11.4. The number of benzene rings is 2. The van der Waals surface area contributed by atoms with Crippen LogP contribution in [0.1, 0.15) is 11.7 Å². The first-order valence-electron chi connectivity index (χ1n) is 5.89. The summed E-state index contributed by atoms with van der Waals surface area (Å²) >= 11 is 3.32. The lowest BCUT2D eigenvalue weighted by Gasteiger charge is -2.15. The Morgan fingerprint density at radius 2 is 1.60 bits per heavy atom. The van der Waals surface area contributed by atoms with Gasteiger partial charge in [0.05, 0.1) is 7.11 Å².